The minimum absolute atomic E-state index is 0.0630. The van der Waals surface area contributed by atoms with Crippen LogP contribution in [0.15, 0.2) is 54.6 Å². The number of hydrogen-bond acceptors (Lipinski definition) is 2. The van der Waals surface area contributed by atoms with Gasteiger partial charge in [0.25, 0.3) is 0 Å². The van der Waals surface area contributed by atoms with Gasteiger partial charge in [-0.15, -0.1) is 0 Å². The molecule has 2 aromatic rings. The average Bonchev–Trinajstić information content (AvgIpc) is 3.35. The van der Waals surface area contributed by atoms with Crippen LogP contribution in [0.3, 0.4) is 0 Å². The molecule has 1 N–H and O–H groups in total. The number of nitrogens with zero attached hydrogens (tertiary/aromatic N) is 1. The van der Waals surface area contributed by atoms with Crippen molar-refractivity contribution in [3.8, 4) is 0 Å². The molecule has 2 nitrogen and oxygen atoms in total. The Hall–Kier alpha value is -1.97. The molecule has 2 aromatic carbocycles. The van der Waals surface area contributed by atoms with Crippen LogP contribution in [0.25, 0.3) is 6.08 Å². The topological polar surface area (TPSA) is 23.5 Å². The van der Waals surface area contributed by atoms with Crippen molar-refractivity contribution < 1.29 is 9.50 Å². The van der Waals surface area contributed by atoms with E-state index in [-0.39, 0.29) is 22.8 Å². The van der Waals surface area contributed by atoms with Gasteiger partial charge in [-0.2, -0.15) is 0 Å². The Morgan fingerprint density at radius 1 is 1.10 bits per heavy atom. The van der Waals surface area contributed by atoms with Crippen molar-refractivity contribution in [2.45, 2.75) is 63.5 Å². The summed E-state index contributed by atoms with van der Waals surface area (Å²) >= 11 is 0. The van der Waals surface area contributed by atoms with Crippen LogP contribution in [-0.2, 0) is 12.0 Å². The van der Waals surface area contributed by atoms with Gasteiger partial charge in [0, 0.05) is 30.5 Å². The maximum Gasteiger partial charge on any atom is 0.123 e. The van der Waals surface area contributed by atoms with Gasteiger partial charge in [-0.3, -0.25) is 4.90 Å². The highest BCUT2D eigenvalue weighted by Gasteiger charge is 2.60. The Balaban J connectivity index is 1.25. The molecule has 2 fully saturated rings. The fraction of sp³-hybridized carbons (Fsp3) is 0.500. The maximum absolute atomic E-state index is 13.2. The van der Waals surface area contributed by atoms with Crippen molar-refractivity contribution in [2.24, 2.45) is 11.3 Å². The van der Waals surface area contributed by atoms with Crippen LogP contribution in [0.1, 0.15) is 62.1 Å². The Bertz CT molecular complexity index is 954. The Labute approximate surface area is 185 Å². The number of aliphatic hydroxyl groups is 1. The van der Waals surface area contributed by atoms with E-state index in [1.807, 2.05) is 12.1 Å². The van der Waals surface area contributed by atoms with Crippen molar-refractivity contribution in [1.82, 2.24) is 4.90 Å². The van der Waals surface area contributed by atoms with Crippen LogP contribution in [0.5, 0.6) is 0 Å². The molecule has 1 heterocycles. The number of benzene rings is 2. The molecular weight excluding hydrogens is 385 g/mol. The van der Waals surface area contributed by atoms with Crippen LogP contribution in [0, 0.1) is 17.2 Å². The average molecular weight is 420 g/mol. The van der Waals surface area contributed by atoms with E-state index < -0.39 is 0 Å². The molecule has 0 bridgehead atoms. The lowest BCUT2D eigenvalue weighted by Gasteiger charge is -2.38. The molecule has 164 valence electrons. The summed E-state index contributed by atoms with van der Waals surface area (Å²) in [6, 6.07) is 15.7. The zero-order chi connectivity index (χ0) is 21.5. The molecule has 1 saturated heterocycles. The molecule has 2 aliphatic carbocycles. The van der Waals surface area contributed by atoms with E-state index >= 15 is 0 Å². The lowest BCUT2D eigenvalue weighted by Crippen LogP contribution is -2.45. The van der Waals surface area contributed by atoms with Crippen molar-refractivity contribution in [2.75, 3.05) is 13.1 Å². The van der Waals surface area contributed by atoms with Crippen molar-refractivity contribution in [3.05, 3.63) is 77.1 Å². The monoisotopic (exact) mass is 419 g/mol. The zero-order valence-corrected chi connectivity index (χ0v) is 18.6. The first-order chi connectivity index (χ1) is 15.0. The zero-order valence-electron chi connectivity index (χ0n) is 18.6. The molecule has 3 aliphatic rings. The third kappa shape index (κ3) is 3.87. The van der Waals surface area contributed by atoms with E-state index in [9.17, 15) is 9.50 Å². The molecule has 0 aromatic heterocycles. The lowest BCUT2D eigenvalue weighted by atomic mass is 9.74. The lowest BCUT2D eigenvalue weighted by molar-refractivity contribution is -0.000461. The summed E-state index contributed by atoms with van der Waals surface area (Å²) < 4.78 is 13.2. The summed E-state index contributed by atoms with van der Waals surface area (Å²) in [6.45, 7) is 5.01. The summed E-state index contributed by atoms with van der Waals surface area (Å²) in [6.07, 6.45) is 11.3. The van der Waals surface area contributed by atoms with Gasteiger partial charge in [0.15, 0.2) is 0 Å². The number of rotatable bonds is 7. The number of halogens is 1. The maximum atomic E-state index is 13.2. The Kier molecular flexibility index (Phi) is 5.52. The highest BCUT2D eigenvalue weighted by atomic mass is 19.1. The molecule has 31 heavy (non-hydrogen) atoms. The molecule has 1 spiro atoms. The Morgan fingerprint density at radius 2 is 1.90 bits per heavy atom. The van der Waals surface area contributed by atoms with Gasteiger partial charge in [-0.1, -0.05) is 61.9 Å². The highest BCUT2D eigenvalue weighted by molar-refractivity contribution is 5.65. The molecule has 5 rings (SSSR count). The standard InChI is InChI=1S/C28H34FNO/c1-2-14-27(15-11-22-5-3-4-6-25(22)27)16-12-23-18-28(23)20-30(17-13-26(28)31)19-21-7-9-24(29)10-8-21/h3-11,15,23,26,31H,2,12-14,16-20H2,1H3/t23?,26-,27?,28-/m1/s1. The normalized spacial score (nSPS) is 31.8. The number of likely N-dealkylation sites (tertiary alicyclic amines) is 1. The third-order valence-electron chi connectivity index (χ3n) is 8.21. The molecule has 1 aliphatic heterocycles. The molecule has 1 saturated carbocycles. The van der Waals surface area contributed by atoms with Gasteiger partial charge in [0.05, 0.1) is 6.10 Å². The van der Waals surface area contributed by atoms with E-state index in [4.69, 9.17) is 0 Å². The van der Waals surface area contributed by atoms with Crippen LogP contribution >= 0.6 is 0 Å². The first-order valence-corrected chi connectivity index (χ1v) is 12.0. The first-order valence-electron chi connectivity index (χ1n) is 12.0. The van der Waals surface area contributed by atoms with Crippen LogP contribution < -0.4 is 0 Å². The van der Waals surface area contributed by atoms with Gasteiger partial charge in [0.2, 0.25) is 0 Å². The van der Waals surface area contributed by atoms with Gasteiger partial charge in [-0.25, -0.2) is 4.39 Å². The van der Waals surface area contributed by atoms with Crippen molar-refractivity contribution >= 4 is 6.08 Å². The third-order valence-corrected chi connectivity index (χ3v) is 8.21. The number of piperidine rings is 1. The number of fused-ring (bicyclic) bond motifs is 1. The molecule has 3 heteroatoms. The van der Waals surface area contributed by atoms with Gasteiger partial charge < -0.3 is 5.11 Å². The highest BCUT2D eigenvalue weighted by Crippen LogP contribution is 2.61. The predicted molar refractivity (Wildman–Crippen MR) is 124 cm³/mol. The summed E-state index contributed by atoms with van der Waals surface area (Å²) in [5.41, 5.74) is 4.26. The van der Waals surface area contributed by atoms with Gasteiger partial charge in [-0.05, 0) is 66.8 Å². The number of allylic oxidation sites excluding steroid dienone is 1. The number of hydrogen-bond donors (Lipinski definition) is 1. The number of aliphatic hydroxyl groups excluding tert-OH is 1. The fourth-order valence-corrected chi connectivity index (χ4v) is 6.44. The van der Waals surface area contributed by atoms with Crippen LogP contribution in [0.4, 0.5) is 4.39 Å². The fourth-order valence-electron chi connectivity index (χ4n) is 6.44. The van der Waals surface area contributed by atoms with E-state index in [0.717, 1.165) is 38.0 Å². The molecule has 2 unspecified atom stereocenters. The second kappa shape index (κ2) is 8.18. The second-order valence-corrected chi connectivity index (χ2v) is 10.1. The predicted octanol–water partition coefficient (Wildman–Crippen LogP) is 5.94. The molecular formula is C28H34FNO. The van der Waals surface area contributed by atoms with E-state index in [1.54, 1.807) is 12.1 Å². The van der Waals surface area contributed by atoms with Crippen molar-refractivity contribution in [3.63, 3.8) is 0 Å². The van der Waals surface area contributed by atoms with E-state index in [0.29, 0.717) is 5.92 Å². The summed E-state index contributed by atoms with van der Waals surface area (Å²) in [5, 5.41) is 10.9. The summed E-state index contributed by atoms with van der Waals surface area (Å²) in [4.78, 5) is 2.46. The van der Waals surface area contributed by atoms with E-state index in [2.05, 4.69) is 48.2 Å². The molecule has 0 radical (unpaired) electrons. The van der Waals surface area contributed by atoms with E-state index in [1.165, 1.54) is 36.8 Å². The SMILES string of the molecule is CCCC1(CCC2C[C@@]23CN(Cc2ccc(F)cc2)CC[C@H]3O)C=Cc2ccccc21. The minimum Gasteiger partial charge on any atom is -0.392 e. The molecule has 4 atom stereocenters. The largest absolute Gasteiger partial charge is 0.392 e. The van der Waals surface area contributed by atoms with Crippen LogP contribution in [0.2, 0.25) is 0 Å². The quantitative estimate of drug-likeness (QED) is 0.600. The van der Waals surface area contributed by atoms with Gasteiger partial charge >= 0.3 is 0 Å². The van der Waals surface area contributed by atoms with Crippen molar-refractivity contribution in [1.29, 1.82) is 0 Å². The smallest absolute Gasteiger partial charge is 0.123 e. The summed E-state index contributed by atoms with van der Waals surface area (Å²) in [7, 11) is 0. The van der Waals surface area contributed by atoms with Crippen LogP contribution in [-0.4, -0.2) is 29.2 Å². The second-order valence-electron chi connectivity index (χ2n) is 10.1. The van der Waals surface area contributed by atoms with Gasteiger partial charge in [0.1, 0.15) is 5.82 Å². The minimum atomic E-state index is -0.185. The first kappa shape index (κ1) is 20.9. The summed E-state index contributed by atoms with van der Waals surface area (Å²) in [5.74, 6) is 0.425. The molecule has 0 amide bonds. The Morgan fingerprint density at radius 3 is 2.71 bits per heavy atom.